The van der Waals surface area contributed by atoms with Gasteiger partial charge in [0.15, 0.2) is 5.82 Å². The first kappa shape index (κ1) is 57.9. The maximum atomic E-state index is 15.4. The molecule has 0 bridgehead atoms. The lowest BCUT2D eigenvalue weighted by atomic mass is 9.98. The van der Waals surface area contributed by atoms with Crippen molar-refractivity contribution in [3.8, 4) is 28.6 Å². The molecule has 3 N–H and O–H groups in total. The van der Waals surface area contributed by atoms with Crippen molar-refractivity contribution in [2.75, 3.05) is 86.1 Å². The van der Waals surface area contributed by atoms with Crippen molar-refractivity contribution in [1.29, 1.82) is 0 Å². The summed E-state index contributed by atoms with van der Waals surface area (Å²) in [6.07, 6.45) is 4.51. The highest BCUT2D eigenvalue weighted by Gasteiger charge is 2.36. The fourth-order valence-corrected chi connectivity index (χ4v) is 12.2. The van der Waals surface area contributed by atoms with Gasteiger partial charge in [-0.3, -0.25) is 24.1 Å². The number of likely N-dealkylation sites (N-methyl/N-ethyl adjacent to an activating group) is 1. The number of rotatable bonds is 21. The van der Waals surface area contributed by atoms with Gasteiger partial charge in [0.25, 0.3) is 11.5 Å². The molecule has 1 aliphatic carbocycles. The van der Waals surface area contributed by atoms with Crippen molar-refractivity contribution >= 4 is 50.1 Å². The molecule has 0 atom stereocenters. The summed E-state index contributed by atoms with van der Waals surface area (Å²) in [5.74, 6) is -1.03. The summed E-state index contributed by atoms with van der Waals surface area (Å²) in [6.45, 7) is 16.0. The third-order valence-corrected chi connectivity index (χ3v) is 18.1. The van der Waals surface area contributed by atoms with E-state index in [1.807, 2.05) is 69.2 Å². The Labute approximate surface area is 473 Å². The molecule has 4 aromatic carbocycles. The normalized spacial score (nSPS) is 15.7. The number of aromatic hydroxyl groups is 2. The van der Waals surface area contributed by atoms with Crippen molar-refractivity contribution in [3.63, 3.8) is 0 Å². The first-order chi connectivity index (χ1) is 38.3. The van der Waals surface area contributed by atoms with Crippen molar-refractivity contribution in [1.82, 2.24) is 53.9 Å². The molecule has 6 aromatic rings. The van der Waals surface area contributed by atoms with E-state index in [0.717, 1.165) is 64.1 Å². The zero-order chi connectivity index (χ0) is 56.8. The molecular formula is C59H72FN11O7S2. The molecule has 424 valence electrons. The van der Waals surface area contributed by atoms with Gasteiger partial charge in [0.2, 0.25) is 11.8 Å². The number of H-pyrrole nitrogens is 1. The number of benzene rings is 4. The summed E-state index contributed by atoms with van der Waals surface area (Å²) < 4.78 is 18.0. The molecule has 9 rings (SSSR count). The molecule has 1 saturated carbocycles. The van der Waals surface area contributed by atoms with Crippen LogP contribution in [-0.2, 0) is 29.2 Å². The van der Waals surface area contributed by atoms with Crippen molar-refractivity contribution in [3.05, 3.63) is 145 Å². The first-order valence-corrected chi connectivity index (χ1v) is 29.6. The minimum Gasteiger partial charge on any atom is -0.508 e. The Morgan fingerprint density at radius 2 is 1.51 bits per heavy atom. The second kappa shape index (κ2) is 25.3. The summed E-state index contributed by atoms with van der Waals surface area (Å²) in [6, 6.07) is 22.4. The van der Waals surface area contributed by atoms with Crippen LogP contribution in [0, 0.1) is 11.7 Å². The molecular weight excluding hydrogens is 1060 g/mol. The van der Waals surface area contributed by atoms with Gasteiger partial charge in [-0.1, -0.05) is 71.8 Å². The molecule has 2 aromatic heterocycles. The van der Waals surface area contributed by atoms with Gasteiger partial charge in [-0.2, -0.15) is 10.2 Å². The quantitative estimate of drug-likeness (QED) is 0.0487. The average Bonchev–Trinajstić information content (AvgIpc) is 4.24. The number of hydrogen-bond donors (Lipinski definition) is 3. The van der Waals surface area contributed by atoms with E-state index in [9.17, 15) is 34.2 Å². The number of phenolic OH excluding ortho intramolecular Hbond substituents is 2. The summed E-state index contributed by atoms with van der Waals surface area (Å²) in [4.78, 5) is 79.1. The van der Waals surface area contributed by atoms with E-state index in [1.165, 1.54) is 32.2 Å². The van der Waals surface area contributed by atoms with E-state index in [4.69, 9.17) is 5.10 Å². The predicted molar refractivity (Wildman–Crippen MR) is 312 cm³/mol. The number of carbonyl (C=O) groups excluding carboxylic acids is 3. The monoisotopic (exact) mass is 1130 g/mol. The third-order valence-electron chi connectivity index (χ3n) is 15.1. The first-order valence-electron chi connectivity index (χ1n) is 27.4. The molecule has 3 aliphatic rings. The van der Waals surface area contributed by atoms with Gasteiger partial charge >= 0.3 is 5.69 Å². The van der Waals surface area contributed by atoms with Gasteiger partial charge in [-0.25, -0.2) is 23.5 Å². The lowest BCUT2D eigenvalue weighted by molar-refractivity contribution is -0.134. The Hall–Kier alpha value is -6.78. The number of piperazine rings is 2. The zero-order valence-electron chi connectivity index (χ0n) is 46.4. The Bertz CT molecular complexity index is 3360. The maximum absolute atomic E-state index is 15.4. The van der Waals surface area contributed by atoms with Crippen LogP contribution in [0.2, 0.25) is 0 Å². The molecule has 21 heteroatoms. The van der Waals surface area contributed by atoms with Gasteiger partial charge in [0.05, 0.1) is 27.9 Å². The summed E-state index contributed by atoms with van der Waals surface area (Å²) >= 11 is 0. The fraction of sp³-hybridized carbons (Fsp3) is 0.441. The molecule has 80 heavy (non-hydrogen) atoms. The highest BCUT2D eigenvalue weighted by atomic mass is 33.1. The third kappa shape index (κ3) is 14.0. The molecule has 2 aliphatic heterocycles. The average molecular weight is 1130 g/mol. The Morgan fingerprint density at radius 1 is 0.838 bits per heavy atom. The maximum Gasteiger partial charge on any atom is 0.348 e. The SMILES string of the molecule is CC(C)c1cc(-c2n[nH]c(=O)n2-c2ccc(CN3CCN(CCC(C)(C)SS/C=C\C(=O)N(CCN(C)C)Cn4nc(Cc5ccc(F)c(C(=O)N6CCN(C(=O)C7CC7)CC6)c5)c5ccccc5c4=O)CC3)cc2)c(O)cc1O. The van der Waals surface area contributed by atoms with Gasteiger partial charge < -0.3 is 34.7 Å². The van der Waals surface area contributed by atoms with Crippen LogP contribution in [-0.4, -0.2) is 173 Å². The number of nitrogens with zero attached hydrogens (tertiary/aromatic N) is 10. The number of aromatic nitrogens is 5. The van der Waals surface area contributed by atoms with E-state index in [2.05, 4.69) is 33.8 Å². The van der Waals surface area contributed by atoms with Crippen LogP contribution in [0.1, 0.15) is 85.6 Å². The number of amides is 3. The molecule has 0 spiro atoms. The van der Waals surface area contributed by atoms with E-state index in [1.54, 1.807) is 67.3 Å². The van der Waals surface area contributed by atoms with Crippen LogP contribution in [0.5, 0.6) is 11.5 Å². The van der Waals surface area contributed by atoms with E-state index >= 15 is 4.39 Å². The molecule has 2 saturated heterocycles. The largest absolute Gasteiger partial charge is 0.508 e. The standard InChI is InChI=1S/C59H72FN11O7S2/c1-39(2)46-35-48(52(73)36-51(46)72)54-61-62-58(78)71(54)43-16-11-40(12-17-43)37-66-25-23-65(24-26-66)21-20-59(3,4)80-79-32-19-53(74)69(27-22-64(5)6)38-70-57(77)45-10-8-7-9-44(45)50(63-70)34-41-13-18-49(60)47(33-41)56(76)68-30-28-67(29-31-68)55(75)42-14-15-42/h7-13,16-19,32-33,35-36,39,42,72-73H,14-15,20-31,34,37-38H2,1-6H3,(H,62,78)/b32-19-. The van der Waals surface area contributed by atoms with Gasteiger partial charge in [-0.15, -0.1) is 0 Å². The molecule has 0 unspecified atom stereocenters. The van der Waals surface area contributed by atoms with E-state index in [0.29, 0.717) is 78.1 Å². The van der Waals surface area contributed by atoms with Crippen LogP contribution < -0.4 is 11.2 Å². The minimum atomic E-state index is -0.633. The second-order valence-electron chi connectivity index (χ2n) is 22.3. The van der Waals surface area contributed by atoms with Crippen LogP contribution in [0.3, 0.4) is 0 Å². The van der Waals surface area contributed by atoms with E-state index < -0.39 is 17.4 Å². The number of carbonyl (C=O) groups is 3. The Balaban J connectivity index is 0.767. The highest BCUT2D eigenvalue weighted by molar-refractivity contribution is 8.78. The minimum absolute atomic E-state index is 0.00930. The Kier molecular flexibility index (Phi) is 18.3. The number of halogens is 1. The molecule has 18 nitrogen and oxygen atoms in total. The van der Waals surface area contributed by atoms with E-state index in [-0.39, 0.29) is 69.9 Å². The smallest absolute Gasteiger partial charge is 0.348 e. The zero-order valence-corrected chi connectivity index (χ0v) is 48.1. The highest BCUT2D eigenvalue weighted by Crippen LogP contribution is 2.40. The lowest BCUT2D eigenvalue weighted by Gasteiger charge is -2.36. The van der Waals surface area contributed by atoms with Crippen LogP contribution in [0.15, 0.2) is 99.9 Å². The number of nitrogens with one attached hydrogen (secondary N) is 1. The molecule has 0 radical (unpaired) electrons. The van der Waals surface area contributed by atoms with Crippen molar-refractivity contribution in [2.24, 2.45) is 5.92 Å². The number of aromatic amines is 1. The number of hydrogen-bond acceptors (Lipinski definition) is 14. The summed E-state index contributed by atoms with van der Waals surface area (Å²) in [5, 5.41) is 35.5. The van der Waals surface area contributed by atoms with Crippen molar-refractivity contribution in [2.45, 2.75) is 77.3 Å². The topological polar surface area (TPSA) is 197 Å². The van der Waals surface area contributed by atoms with Gasteiger partial charge in [0, 0.05) is 107 Å². The number of phenols is 2. The molecule has 3 amide bonds. The van der Waals surface area contributed by atoms with Crippen molar-refractivity contribution < 1.29 is 29.0 Å². The number of fused-ring (bicyclic) bond motifs is 1. The Morgan fingerprint density at radius 3 is 2.20 bits per heavy atom. The lowest BCUT2D eigenvalue weighted by Crippen LogP contribution is -2.51. The van der Waals surface area contributed by atoms with Crippen LogP contribution in [0.25, 0.3) is 27.8 Å². The summed E-state index contributed by atoms with van der Waals surface area (Å²) in [5.41, 5.74) is 3.05. The fourth-order valence-electron chi connectivity index (χ4n) is 10.1. The van der Waals surface area contributed by atoms with Crippen LogP contribution in [0.4, 0.5) is 4.39 Å². The van der Waals surface area contributed by atoms with Crippen LogP contribution >= 0.6 is 21.6 Å². The second-order valence-corrected chi connectivity index (χ2v) is 25.1. The van der Waals surface area contributed by atoms with Gasteiger partial charge in [-0.05, 0) is 118 Å². The predicted octanol–water partition coefficient (Wildman–Crippen LogP) is 7.13. The molecule has 4 heterocycles. The molecule has 3 fully saturated rings. The summed E-state index contributed by atoms with van der Waals surface area (Å²) in [7, 11) is 7.06. The van der Waals surface area contributed by atoms with Gasteiger partial charge in [0.1, 0.15) is 24.0 Å².